The van der Waals surface area contributed by atoms with Crippen molar-refractivity contribution < 1.29 is 24.2 Å². The molecule has 2 aromatic carbocycles. The minimum atomic E-state index is -0.981. The first-order chi connectivity index (χ1) is 16.5. The van der Waals surface area contributed by atoms with E-state index in [0.717, 1.165) is 22.3 Å². The monoisotopic (exact) mass is 480 g/mol. The van der Waals surface area contributed by atoms with Gasteiger partial charge in [-0.15, -0.1) is 0 Å². The van der Waals surface area contributed by atoms with Crippen LogP contribution in [0.2, 0.25) is 0 Å². The molecule has 2 unspecified atom stereocenters. The number of hydrogen-bond acceptors (Lipinski definition) is 4. The molecular weight excluding hydrogens is 444 g/mol. The Kier molecular flexibility index (Phi) is 8.20. The highest BCUT2D eigenvalue weighted by molar-refractivity contribution is 5.86. The van der Waals surface area contributed by atoms with E-state index in [1.807, 2.05) is 71.0 Å². The second-order valence-corrected chi connectivity index (χ2v) is 10.8. The molecule has 0 saturated heterocycles. The van der Waals surface area contributed by atoms with Gasteiger partial charge in [-0.3, -0.25) is 9.59 Å². The van der Waals surface area contributed by atoms with Gasteiger partial charge in [0.25, 0.3) is 0 Å². The van der Waals surface area contributed by atoms with Crippen LogP contribution in [0.4, 0.5) is 4.79 Å². The summed E-state index contributed by atoms with van der Waals surface area (Å²) in [5.41, 5.74) is 4.33. The van der Waals surface area contributed by atoms with Gasteiger partial charge in [-0.25, -0.2) is 4.79 Å². The summed E-state index contributed by atoms with van der Waals surface area (Å²) in [4.78, 5) is 37.0. The Hall–Kier alpha value is -3.35. The number of carbonyl (C=O) groups excluding carboxylic acids is 2. The van der Waals surface area contributed by atoms with Crippen LogP contribution in [0.1, 0.15) is 64.5 Å². The molecule has 2 atom stereocenters. The van der Waals surface area contributed by atoms with E-state index in [1.165, 1.54) is 0 Å². The number of hydrogen-bond donors (Lipinski definition) is 3. The number of ether oxygens (including phenoxy) is 1. The van der Waals surface area contributed by atoms with E-state index in [0.29, 0.717) is 6.42 Å². The molecule has 3 rings (SSSR count). The Bertz CT molecular complexity index is 1030. The molecule has 0 fully saturated rings. The first-order valence-electron chi connectivity index (χ1n) is 12.1. The van der Waals surface area contributed by atoms with Gasteiger partial charge in [0.15, 0.2) is 0 Å². The predicted octanol–water partition coefficient (Wildman–Crippen LogP) is 4.95. The molecule has 7 nitrogen and oxygen atoms in total. The molecule has 0 aliphatic heterocycles. The molecule has 2 amide bonds. The molecule has 188 valence electrons. The lowest BCUT2D eigenvalue weighted by Gasteiger charge is -2.29. The van der Waals surface area contributed by atoms with Crippen molar-refractivity contribution in [3.05, 3.63) is 59.7 Å². The van der Waals surface area contributed by atoms with Gasteiger partial charge in [0, 0.05) is 12.0 Å². The molecule has 0 bridgehead atoms. The Morgan fingerprint density at radius 2 is 1.49 bits per heavy atom. The van der Waals surface area contributed by atoms with Crippen LogP contribution in [-0.4, -0.2) is 41.8 Å². The first-order valence-corrected chi connectivity index (χ1v) is 12.1. The fraction of sp³-hybridized carbons (Fsp3) is 0.464. The summed E-state index contributed by atoms with van der Waals surface area (Å²) in [6, 6.07) is 14.8. The molecule has 35 heavy (non-hydrogen) atoms. The fourth-order valence-corrected chi connectivity index (χ4v) is 4.72. The summed E-state index contributed by atoms with van der Waals surface area (Å²) >= 11 is 0. The number of alkyl carbamates (subject to hydrolysis) is 1. The minimum absolute atomic E-state index is 0.0776. The molecule has 0 heterocycles. The van der Waals surface area contributed by atoms with Crippen LogP contribution in [0, 0.1) is 11.3 Å². The van der Waals surface area contributed by atoms with Crippen LogP contribution in [0.3, 0.4) is 0 Å². The zero-order chi connectivity index (χ0) is 25.8. The van der Waals surface area contributed by atoms with Crippen molar-refractivity contribution in [1.29, 1.82) is 0 Å². The summed E-state index contributed by atoms with van der Waals surface area (Å²) in [5, 5.41) is 14.8. The van der Waals surface area contributed by atoms with Crippen LogP contribution in [0.25, 0.3) is 11.1 Å². The number of aliphatic carboxylic acids is 1. The molecule has 0 saturated carbocycles. The number of carboxylic acids is 1. The third-order valence-corrected chi connectivity index (χ3v) is 6.19. The second-order valence-electron chi connectivity index (χ2n) is 10.8. The number of carbonyl (C=O) groups is 3. The molecular formula is C28H36N2O5. The minimum Gasteiger partial charge on any atom is -0.481 e. The van der Waals surface area contributed by atoms with Crippen LogP contribution in [0.15, 0.2) is 48.5 Å². The molecule has 0 aromatic heterocycles. The second kappa shape index (κ2) is 10.9. The van der Waals surface area contributed by atoms with Crippen molar-refractivity contribution in [2.45, 2.75) is 65.5 Å². The van der Waals surface area contributed by atoms with E-state index >= 15 is 0 Å². The number of nitrogens with one attached hydrogen (secondary N) is 2. The summed E-state index contributed by atoms with van der Waals surface area (Å²) in [7, 11) is 0. The molecule has 3 N–H and O–H groups in total. The summed E-state index contributed by atoms with van der Waals surface area (Å²) in [6.07, 6.45) is -0.356. The molecule has 0 radical (unpaired) electrons. The lowest BCUT2D eigenvalue weighted by atomic mass is 9.86. The van der Waals surface area contributed by atoms with E-state index < -0.39 is 30.1 Å². The van der Waals surface area contributed by atoms with Gasteiger partial charge in [-0.05, 0) is 40.0 Å². The largest absolute Gasteiger partial charge is 0.481 e. The Morgan fingerprint density at radius 3 is 1.97 bits per heavy atom. The third kappa shape index (κ3) is 6.84. The van der Waals surface area contributed by atoms with Crippen molar-refractivity contribution in [2.75, 3.05) is 6.61 Å². The number of benzene rings is 2. The normalized spacial score (nSPS) is 14.6. The van der Waals surface area contributed by atoms with Crippen molar-refractivity contribution in [1.82, 2.24) is 10.6 Å². The van der Waals surface area contributed by atoms with Crippen LogP contribution in [-0.2, 0) is 14.3 Å². The molecule has 0 spiro atoms. The van der Waals surface area contributed by atoms with Crippen molar-refractivity contribution in [2.24, 2.45) is 11.3 Å². The third-order valence-electron chi connectivity index (χ3n) is 6.19. The first kappa shape index (κ1) is 26.3. The molecule has 2 aromatic rings. The Morgan fingerprint density at radius 1 is 0.943 bits per heavy atom. The maximum absolute atomic E-state index is 13.0. The zero-order valence-electron chi connectivity index (χ0n) is 21.1. The van der Waals surface area contributed by atoms with Crippen LogP contribution >= 0.6 is 0 Å². The number of fused-ring (bicyclic) bond motifs is 3. The van der Waals surface area contributed by atoms with Crippen LogP contribution in [0.5, 0.6) is 0 Å². The van der Waals surface area contributed by atoms with Gasteiger partial charge < -0.3 is 20.5 Å². The molecule has 1 aliphatic rings. The number of amides is 2. The highest BCUT2D eigenvalue weighted by Gasteiger charge is 2.31. The van der Waals surface area contributed by atoms with Crippen molar-refractivity contribution in [3.8, 4) is 11.1 Å². The van der Waals surface area contributed by atoms with Gasteiger partial charge in [0.1, 0.15) is 12.6 Å². The van der Waals surface area contributed by atoms with E-state index in [2.05, 4.69) is 22.8 Å². The predicted molar refractivity (Wildman–Crippen MR) is 135 cm³/mol. The summed E-state index contributed by atoms with van der Waals surface area (Å²) < 4.78 is 5.60. The van der Waals surface area contributed by atoms with Crippen LogP contribution < -0.4 is 10.6 Å². The molecule has 7 heteroatoms. The average Bonchev–Trinajstić information content (AvgIpc) is 3.08. The lowest BCUT2D eigenvalue weighted by molar-refractivity contribution is -0.138. The van der Waals surface area contributed by atoms with E-state index in [4.69, 9.17) is 4.74 Å². The highest BCUT2D eigenvalue weighted by Crippen LogP contribution is 2.44. The number of rotatable bonds is 9. The van der Waals surface area contributed by atoms with Gasteiger partial charge >= 0.3 is 12.1 Å². The standard InChI is InChI=1S/C28H36N2O5/c1-17(2)25(26(33)29-18(14-24(31)32)15-28(3,4)5)30-27(34)35-16-23-21-12-8-6-10-19(21)20-11-7-9-13-22(20)23/h6-13,17-18,23,25H,14-16H2,1-5H3,(H,29,33)(H,30,34)(H,31,32). The van der Waals surface area contributed by atoms with E-state index in [-0.39, 0.29) is 30.3 Å². The highest BCUT2D eigenvalue weighted by atomic mass is 16.5. The maximum atomic E-state index is 13.0. The lowest BCUT2D eigenvalue weighted by Crippen LogP contribution is -2.53. The fourth-order valence-electron chi connectivity index (χ4n) is 4.72. The Balaban J connectivity index is 1.65. The zero-order valence-corrected chi connectivity index (χ0v) is 21.1. The topological polar surface area (TPSA) is 105 Å². The summed E-state index contributed by atoms with van der Waals surface area (Å²) in [5.74, 6) is -1.68. The SMILES string of the molecule is CC(C)C(NC(=O)OCC1c2ccccc2-c2ccccc21)C(=O)NC(CC(=O)O)CC(C)(C)C. The Labute approximate surface area is 207 Å². The maximum Gasteiger partial charge on any atom is 0.407 e. The van der Waals surface area contributed by atoms with Gasteiger partial charge in [-0.2, -0.15) is 0 Å². The van der Waals surface area contributed by atoms with E-state index in [9.17, 15) is 19.5 Å². The average molecular weight is 481 g/mol. The molecule has 1 aliphatic carbocycles. The quantitative estimate of drug-likeness (QED) is 0.471. The van der Waals surface area contributed by atoms with Crippen molar-refractivity contribution >= 4 is 18.0 Å². The van der Waals surface area contributed by atoms with Gasteiger partial charge in [0.05, 0.1) is 6.42 Å². The van der Waals surface area contributed by atoms with Gasteiger partial charge in [0.2, 0.25) is 5.91 Å². The van der Waals surface area contributed by atoms with E-state index in [1.54, 1.807) is 0 Å². The number of carboxylic acid groups (broad SMARTS) is 1. The van der Waals surface area contributed by atoms with Crippen molar-refractivity contribution in [3.63, 3.8) is 0 Å². The van der Waals surface area contributed by atoms with Gasteiger partial charge in [-0.1, -0.05) is 83.1 Å². The summed E-state index contributed by atoms with van der Waals surface area (Å²) in [6.45, 7) is 9.76. The smallest absolute Gasteiger partial charge is 0.407 e.